The summed E-state index contributed by atoms with van der Waals surface area (Å²) in [6.45, 7) is 0. The second-order valence-corrected chi connectivity index (χ2v) is 7.50. The summed E-state index contributed by atoms with van der Waals surface area (Å²) in [5.74, 6) is -0.125. The zero-order valence-electron chi connectivity index (χ0n) is 15.1. The van der Waals surface area contributed by atoms with Crippen molar-refractivity contribution < 1.29 is 4.79 Å². The maximum atomic E-state index is 12.6. The van der Waals surface area contributed by atoms with Crippen molar-refractivity contribution in [2.24, 2.45) is 0 Å². The zero-order chi connectivity index (χ0) is 18.8. The van der Waals surface area contributed by atoms with Gasteiger partial charge in [-0.2, -0.15) is 0 Å². The first-order valence-corrected chi connectivity index (χ1v) is 9.46. The molecule has 0 bridgehead atoms. The third-order valence-electron chi connectivity index (χ3n) is 4.29. The molecule has 27 heavy (non-hydrogen) atoms. The molecule has 1 heterocycles. The van der Waals surface area contributed by atoms with Gasteiger partial charge in [-0.3, -0.25) is 4.79 Å². The number of carbonyl (C=O) groups excluding carboxylic acids is 1. The number of fused-ring (bicyclic) bond motifs is 1. The van der Waals surface area contributed by atoms with Crippen LogP contribution in [0.15, 0.2) is 72.8 Å². The third-order valence-corrected chi connectivity index (χ3v) is 5.37. The van der Waals surface area contributed by atoms with Gasteiger partial charge in [0, 0.05) is 36.6 Å². The molecule has 4 aromatic rings. The van der Waals surface area contributed by atoms with E-state index in [9.17, 15) is 4.79 Å². The highest BCUT2D eigenvalue weighted by atomic mass is 32.1. The predicted molar refractivity (Wildman–Crippen MR) is 114 cm³/mol. The number of thiazole rings is 1. The van der Waals surface area contributed by atoms with E-state index in [4.69, 9.17) is 4.98 Å². The molecule has 0 fully saturated rings. The first-order valence-electron chi connectivity index (χ1n) is 8.65. The number of nitrogens with one attached hydrogen (secondary N) is 1. The van der Waals surface area contributed by atoms with Crippen molar-refractivity contribution in [3.63, 3.8) is 0 Å². The van der Waals surface area contributed by atoms with Crippen LogP contribution in [0.3, 0.4) is 0 Å². The van der Waals surface area contributed by atoms with Crippen LogP contribution in [0.4, 0.5) is 11.4 Å². The maximum absolute atomic E-state index is 12.6. The summed E-state index contributed by atoms with van der Waals surface area (Å²) in [5.41, 5.74) is 4.37. The highest BCUT2D eigenvalue weighted by Crippen LogP contribution is 2.31. The molecule has 3 aromatic carbocycles. The lowest BCUT2D eigenvalue weighted by Gasteiger charge is -2.13. The monoisotopic (exact) mass is 373 g/mol. The zero-order valence-corrected chi connectivity index (χ0v) is 16.0. The fourth-order valence-electron chi connectivity index (χ4n) is 2.85. The van der Waals surface area contributed by atoms with Gasteiger partial charge in [0.05, 0.1) is 10.2 Å². The van der Waals surface area contributed by atoms with E-state index in [1.807, 2.05) is 85.7 Å². The van der Waals surface area contributed by atoms with Crippen LogP contribution in [0.25, 0.3) is 20.8 Å². The van der Waals surface area contributed by atoms with Crippen molar-refractivity contribution in [2.45, 2.75) is 0 Å². The van der Waals surface area contributed by atoms with Crippen molar-refractivity contribution in [1.82, 2.24) is 4.98 Å². The van der Waals surface area contributed by atoms with Crippen LogP contribution in [-0.2, 0) is 0 Å². The van der Waals surface area contributed by atoms with Crippen LogP contribution in [0.1, 0.15) is 10.4 Å². The Bertz CT molecular complexity index is 1080. The van der Waals surface area contributed by atoms with Crippen molar-refractivity contribution >= 4 is 38.8 Å². The Hall–Kier alpha value is -3.18. The van der Waals surface area contributed by atoms with Crippen LogP contribution >= 0.6 is 11.3 Å². The van der Waals surface area contributed by atoms with E-state index in [0.29, 0.717) is 5.56 Å². The minimum Gasteiger partial charge on any atom is -0.378 e. The Morgan fingerprint density at radius 1 is 0.963 bits per heavy atom. The van der Waals surface area contributed by atoms with E-state index in [2.05, 4.69) is 11.4 Å². The molecule has 1 N–H and O–H groups in total. The highest BCUT2D eigenvalue weighted by molar-refractivity contribution is 7.21. The number of nitrogens with zero attached hydrogens (tertiary/aromatic N) is 2. The van der Waals surface area contributed by atoms with E-state index in [-0.39, 0.29) is 5.91 Å². The molecule has 0 unspecified atom stereocenters. The molecule has 1 amide bonds. The summed E-state index contributed by atoms with van der Waals surface area (Å²) < 4.78 is 1.16. The number of amides is 1. The number of hydrogen-bond donors (Lipinski definition) is 1. The van der Waals surface area contributed by atoms with Crippen LogP contribution in [0.2, 0.25) is 0 Å². The standard InChI is InChI=1S/C22H19N3OS/c1-25(2)18-10-6-7-15(14-18)21(26)23-17-9-5-8-16(13-17)22-24-19-11-3-4-12-20(19)27-22/h3-14H,1-2H3,(H,23,26). The normalized spacial score (nSPS) is 10.7. The Balaban J connectivity index is 1.59. The molecule has 0 saturated heterocycles. The smallest absolute Gasteiger partial charge is 0.255 e. The molecule has 1 aromatic heterocycles. The molecule has 5 heteroatoms. The summed E-state index contributed by atoms with van der Waals surface area (Å²) in [4.78, 5) is 19.3. The largest absolute Gasteiger partial charge is 0.378 e. The lowest BCUT2D eigenvalue weighted by Crippen LogP contribution is -2.14. The number of carbonyl (C=O) groups is 1. The topological polar surface area (TPSA) is 45.2 Å². The molecule has 0 spiro atoms. The van der Waals surface area contributed by atoms with Crippen molar-refractivity contribution in [3.05, 3.63) is 78.4 Å². The first-order chi connectivity index (χ1) is 13.1. The summed E-state index contributed by atoms with van der Waals surface area (Å²) in [6.07, 6.45) is 0. The van der Waals surface area contributed by atoms with E-state index in [1.54, 1.807) is 11.3 Å². The van der Waals surface area contributed by atoms with Crippen LogP contribution in [-0.4, -0.2) is 25.0 Å². The van der Waals surface area contributed by atoms with Crippen LogP contribution < -0.4 is 10.2 Å². The average Bonchev–Trinajstić information content (AvgIpc) is 3.12. The molecule has 0 saturated carbocycles. The second kappa shape index (κ2) is 7.21. The van der Waals surface area contributed by atoms with Gasteiger partial charge in [-0.15, -0.1) is 11.3 Å². The molecule has 4 rings (SSSR count). The molecule has 0 aliphatic heterocycles. The van der Waals surface area contributed by atoms with E-state index in [0.717, 1.165) is 32.2 Å². The molecular weight excluding hydrogens is 354 g/mol. The number of hydrogen-bond acceptors (Lipinski definition) is 4. The molecule has 0 aliphatic rings. The van der Waals surface area contributed by atoms with E-state index < -0.39 is 0 Å². The van der Waals surface area contributed by atoms with Gasteiger partial charge in [-0.1, -0.05) is 30.3 Å². The van der Waals surface area contributed by atoms with Crippen LogP contribution in [0, 0.1) is 0 Å². The summed E-state index contributed by atoms with van der Waals surface area (Å²) >= 11 is 1.65. The molecule has 0 atom stereocenters. The summed E-state index contributed by atoms with van der Waals surface area (Å²) in [5, 5.41) is 3.93. The minimum atomic E-state index is -0.125. The van der Waals surface area contributed by atoms with Gasteiger partial charge in [0.15, 0.2) is 0 Å². The van der Waals surface area contributed by atoms with Crippen molar-refractivity contribution in [2.75, 3.05) is 24.3 Å². The van der Waals surface area contributed by atoms with Crippen LogP contribution in [0.5, 0.6) is 0 Å². The van der Waals surface area contributed by atoms with Gasteiger partial charge in [0.1, 0.15) is 5.01 Å². The number of benzene rings is 3. The SMILES string of the molecule is CN(C)c1cccc(C(=O)Nc2cccc(-c3nc4ccccc4s3)c2)c1. The molecule has 0 aliphatic carbocycles. The third kappa shape index (κ3) is 3.68. The second-order valence-electron chi connectivity index (χ2n) is 6.47. The van der Waals surface area contributed by atoms with Gasteiger partial charge in [0.25, 0.3) is 5.91 Å². The Morgan fingerprint density at radius 2 is 1.78 bits per heavy atom. The Kier molecular flexibility index (Phi) is 4.60. The highest BCUT2D eigenvalue weighted by Gasteiger charge is 2.10. The number of rotatable bonds is 4. The predicted octanol–water partition coefficient (Wildman–Crippen LogP) is 5.28. The average molecular weight is 373 g/mol. The minimum absolute atomic E-state index is 0.125. The Labute approximate surface area is 162 Å². The first kappa shape index (κ1) is 17.2. The maximum Gasteiger partial charge on any atom is 0.255 e. The van der Waals surface area contributed by atoms with Gasteiger partial charge in [-0.25, -0.2) is 4.98 Å². The molecule has 134 valence electrons. The van der Waals surface area contributed by atoms with Crippen molar-refractivity contribution in [3.8, 4) is 10.6 Å². The fourth-order valence-corrected chi connectivity index (χ4v) is 3.82. The van der Waals surface area contributed by atoms with Gasteiger partial charge < -0.3 is 10.2 Å². The van der Waals surface area contributed by atoms with Crippen molar-refractivity contribution in [1.29, 1.82) is 0 Å². The molecule has 4 nitrogen and oxygen atoms in total. The van der Waals surface area contributed by atoms with Gasteiger partial charge >= 0.3 is 0 Å². The lowest BCUT2D eigenvalue weighted by atomic mass is 10.1. The summed E-state index contributed by atoms with van der Waals surface area (Å²) in [7, 11) is 3.91. The lowest BCUT2D eigenvalue weighted by molar-refractivity contribution is 0.102. The van der Waals surface area contributed by atoms with Gasteiger partial charge in [-0.05, 0) is 42.5 Å². The number of aromatic nitrogens is 1. The molecular formula is C22H19N3OS. The Morgan fingerprint density at radius 3 is 2.59 bits per heavy atom. The number of para-hydroxylation sites is 1. The fraction of sp³-hybridized carbons (Fsp3) is 0.0909. The number of anilines is 2. The summed E-state index contributed by atoms with van der Waals surface area (Å²) in [6, 6.07) is 23.5. The molecule has 0 radical (unpaired) electrons. The van der Waals surface area contributed by atoms with Gasteiger partial charge in [0.2, 0.25) is 0 Å². The van der Waals surface area contributed by atoms with E-state index in [1.165, 1.54) is 0 Å². The van der Waals surface area contributed by atoms with E-state index >= 15 is 0 Å². The quantitative estimate of drug-likeness (QED) is 0.529.